The molecule has 0 bridgehead atoms. The second-order valence-electron chi connectivity index (χ2n) is 6.63. The molecule has 1 fully saturated rings. The number of aliphatic hydroxyl groups excluding tert-OH is 1. The molecule has 1 aliphatic rings. The molecule has 1 aliphatic heterocycles. The summed E-state index contributed by atoms with van der Waals surface area (Å²) in [7, 11) is 0. The van der Waals surface area contributed by atoms with Gasteiger partial charge in [0.1, 0.15) is 18.1 Å². The standard InChI is InChI=1S/C19H24N2O4/c1-12-17(14(3)25-20-12)11-24-18-7-5-4-6-16(18)19(23)21-9-8-15(10-21)13(2)22/h4-7,13,15,22H,8-11H2,1-3H3. The van der Waals surface area contributed by atoms with Crippen molar-refractivity contribution in [3.63, 3.8) is 0 Å². The van der Waals surface area contributed by atoms with Gasteiger partial charge in [-0.1, -0.05) is 17.3 Å². The first kappa shape index (κ1) is 17.5. The summed E-state index contributed by atoms with van der Waals surface area (Å²) in [6.07, 6.45) is 0.426. The fraction of sp³-hybridized carbons (Fsp3) is 0.474. The zero-order chi connectivity index (χ0) is 18.0. The Kier molecular flexibility index (Phi) is 5.08. The molecular formula is C19H24N2O4. The molecule has 6 nitrogen and oxygen atoms in total. The summed E-state index contributed by atoms with van der Waals surface area (Å²) in [5.41, 5.74) is 2.23. The molecule has 0 aliphatic carbocycles. The second kappa shape index (κ2) is 7.27. The third-order valence-electron chi connectivity index (χ3n) is 4.86. The number of hydrogen-bond donors (Lipinski definition) is 1. The number of hydrogen-bond acceptors (Lipinski definition) is 5. The van der Waals surface area contributed by atoms with Crippen LogP contribution in [0.5, 0.6) is 5.75 Å². The van der Waals surface area contributed by atoms with Crippen LogP contribution in [0.3, 0.4) is 0 Å². The monoisotopic (exact) mass is 344 g/mol. The van der Waals surface area contributed by atoms with Gasteiger partial charge in [0.15, 0.2) is 0 Å². The number of aliphatic hydroxyl groups is 1. The Morgan fingerprint density at radius 1 is 1.44 bits per heavy atom. The average Bonchev–Trinajstić information content (AvgIpc) is 3.21. The fourth-order valence-electron chi connectivity index (χ4n) is 3.16. The van der Waals surface area contributed by atoms with Gasteiger partial charge in [0.25, 0.3) is 5.91 Å². The molecule has 1 aromatic carbocycles. The van der Waals surface area contributed by atoms with Crippen LogP contribution >= 0.6 is 0 Å². The number of rotatable bonds is 5. The zero-order valence-corrected chi connectivity index (χ0v) is 14.9. The number of benzene rings is 1. The highest BCUT2D eigenvalue weighted by molar-refractivity contribution is 5.97. The van der Waals surface area contributed by atoms with Gasteiger partial charge < -0.3 is 19.3 Å². The third-order valence-corrected chi connectivity index (χ3v) is 4.86. The van der Waals surface area contributed by atoms with E-state index in [-0.39, 0.29) is 11.8 Å². The summed E-state index contributed by atoms with van der Waals surface area (Å²) in [5.74, 6) is 1.35. The maximum atomic E-state index is 12.9. The van der Waals surface area contributed by atoms with E-state index in [0.29, 0.717) is 31.0 Å². The van der Waals surface area contributed by atoms with Crippen LogP contribution in [0.4, 0.5) is 0 Å². The predicted octanol–water partition coefficient (Wildman–Crippen LogP) is 2.71. The fourth-order valence-corrected chi connectivity index (χ4v) is 3.16. The normalized spacial score (nSPS) is 18.4. The summed E-state index contributed by atoms with van der Waals surface area (Å²) >= 11 is 0. The van der Waals surface area contributed by atoms with Crippen LogP contribution in [-0.2, 0) is 6.61 Å². The summed E-state index contributed by atoms with van der Waals surface area (Å²) in [6.45, 7) is 7.03. The van der Waals surface area contributed by atoms with Crippen molar-refractivity contribution in [2.45, 2.75) is 39.9 Å². The zero-order valence-electron chi connectivity index (χ0n) is 14.9. The molecule has 2 unspecified atom stereocenters. The van der Waals surface area contributed by atoms with E-state index in [2.05, 4.69) is 5.16 Å². The van der Waals surface area contributed by atoms with E-state index in [4.69, 9.17) is 9.26 Å². The van der Waals surface area contributed by atoms with E-state index in [0.717, 1.165) is 23.4 Å². The first-order valence-corrected chi connectivity index (χ1v) is 8.58. The van der Waals surface area contributed by atoms with Crippen molar-refractivity contribution >= 4 is 5.91 Å². The molecule has 2 atom stereocenters. The number of carbonyl (C=O) groups excluding carboxylic acids is 1. The number of ether oxygens (including phenoxy) is 1. The first-order valence-electron chi connectivity index (χ1n) is 8.58. The molecule has 1 aromatic heterocycles. The van der Waals surface area contributed by atoms with Crippen molar-refractivity contribution in [2.24, 2.45) is 5.92 Å². The molecule has 2 aromatic rings. The van der Waals surface area contributed by atoms with Gasteiger partial charge in [-0.05, 0) is 39.3 Å². The molecular weight excluding hydrogens is 320 g/mol. The Labute approximate surface area is 147 Å². The highest BCUT2D eigenvalue weighted by Gasteiger charge is 2.30. The van der Waals surface area contributed by atoms with E-state index in [1.807, 2.05) is 26.0 Å². The molecule has 25 heavy (non-hydrogen) atoms. The van der Waals surface area contributed by atoms with Crippen molar-refractivity contribution in [1.29, 1.82) is 0 Å². The lowest BCUT2D eigenvalue weighted by Gasteiger charge is -2.19. The topological polar surface area (TPSA) is 75.8 Å². The number of aryl methyl sites for hydroxylation is 2. The van der Waals surface area contributed by atoms with Crippen molar-refractivity contribution in [1.82, 2.24) is 10.1 Å². The largest absolute Gasteiger partial charge is 0.488 e. The molecule has 3 rings (SSSR count). The molecule has 1 N–H and O–H groups in total. The smallest absolute Gasteiger partial charge is 0.257 e. The van der Waals surface area contributed by atoms with Gasteiger partial charge in [0.2, 0.25) is 0 Å². The Morgan fingerprint density at radius 3 is 2.84 bits per heavy atom. The minimum Gasteiger partial charge on any atom is -0.488 e. The lowest BCUT2D eigenvalue weighted by molar-refractivity contribution is 0.0758. The SMILES string of the molecule is Cc1noc(C)c1COc1ccccc1C(=O)N1CCC(C(C)O)C1. The van der Waals surface area contributed by atoms with E-state index < -0.39 is 6.10 Å². The summed E-state index contributed by atoms with van der Waals surface area (Å²) in [4.78, 5) is 14.7. The molecule has 134 valence electrons. The van der Waals surface area contributed by atoms with E-state index in [1.165, 1.54) is 0 Å². The van der Waals surface area contributed by atoms with Crippen LogP contribution in [0.15, 0.2) is 28.8 Å². The number of para-hydroxylation sites is 1. The summed E-state index contributed by atoms with van der Waals surface area (Å²) in [6, 6.07) is 7.26. The van der Waals surface area contributed by atoms with Gasteiger partial charge in [0.05, 0.1) is 22.9 Å². The second-order valence-corrected chi connectivity index (χ2v) is 6.63. The average molecular weight is 344 g/mol. The van der Waals surface area contributed by atoms with Crippen LogP contribution in [0.1, 0.15) is 40.7 Å². The van der Waals surface area contributed by atoms with E-state index in [9.17, 15) is 9.90 Å². The lowest BCUT2D eigenvalue weighted by atomic mass is 10.0. The van der Waals surface area contributed by atoms with Crippen LogP contribution < -0.4 is 4.74 Å². The van der Waals surface area contributed by atoms with Gasteiger partial charge in [-0.15, -0.1) is 0 Å². The first-order chi connectivity index (χ1) is 12.0. The van der Waals surface area contributed by atoms with Crippen molar-refractivity contribution in [3.05, 3.63) is 46.8 Å². The quantitative estimate of drug-likeness (QED) is 0.902. The number of nitrogens with zero attached hydrogens (tertiary/aromatic N) is 2. The Bertz CT molecular complexity index is 734. The summed E-state index contributed by atoms with van der Waals surface area (Å²) < 4.78 is 11.0. The maximum absolute atomic E-state index is 12.9. The maximum Gasteiger partial charge on any atom is 0.257 e. The van der Waals surface area contributed by atoms with Crippen LogP contribution in [0, 0.1) is 19.8 Å². The minimum absolute atomic E-state index is 0.0579. The van der Waals surface area contributed by atoms with Crippen LogP contribution in [0.2, 0.25) is 0 Å². The number of aromatic nitrogens is 1. The van der Waals surface area contributed by atoms with Crippen molar-refractivity contribution in [3.8, 4) is 5.75 Å². The molecule has 0 radical (unpaired) electrons. The molecule has 1 saturated heterocycles. The highest BCUT2D eigenvalue weighted by atomic mass is 16.5. The van der Waals surface area contributed by atoms with Crippen LogP contribution in [0.25, 0.3) is 0 Å². The van der Waals surface area contributed by atoms with Crippen molar-refractivity contribution < 1.29 is 19.2 Å². The Hall–Kier alpha value is -2.34. The Morgan fingerprint density at radius 2 is 2.20 bits per heavy atom. The van der Waals surface area contributed by atoms with Gasteiger partial charge in [-0.25, -0.2) is 0 Å². The van der Waals surface area contributed by atoms with Gasteiger partial charge >= 0.3 is 0 Å². The molecule has 2 heterocycles. The lowest BCUT2D eigenvalue weighted by Crippen LogP contribution is -2.30. The summed E-state index contributed by atoms with van der Waals surface area (Å²) in [5, 5.41) is 13.7. The van der Waals surface area contributed by atoms with Crippen molar-refractivity contribution in [2.75, 3.05) is 13.1 Å². The minimum atomic E-state index is -0.399. The van der Waals surface area contributed by atoms with Gasteiger partial charge in [-0.2, -0.15) is 0 Å². The Balaban J connectivity index is 1.74. The van der Waals surface area contributed by atoms with E-state index in [1.54, 1.807) is 24.0 Å². The number of carbonyl (C=O) groups is 1. The number of amides is 1. The predicted molar refractivity (Wildman–Crippen MR) is 92.4 cm³/mol. The number of likely N-dealkylation sites (tertiary alicyclic amines) is 1. The van der Waals surface area contributed by atoms with Crippen LogP contribution in [-0.4, -0.2) is 40.3 Å². The third kappa shape index (κ3) is 3.69. The van der Waals surface area contributed by atoms with E-state index >= 15 is 0 Å². The highest BCUT2D eigenvalue weighted by Crippen LogP contribution is 2.26. The molecule has 0 saturated carbocycles. The molecule has 6 heteroatoms. The molecule has 1 amide bonds. The van der Waals surface area contributed by atoms with Gasteiger partial charge in [0, 0.05) is 19.0 Å². The van der Waals surface area contributed by atoms with Gasteiger partial charge in [-0.3, -0.25) is 4.79 Å². The molecule has 0 spiro atoms.